The van der Waals surface area contributed by atoms with Crippen molar-refractivity contribution in [3.63, 3.8) is 0 Å². The largest absolute Gasteiger partial charge is 0.321 e. The second-order valence-corrected chi connectivity index (χ2v) is 6.65. The number of non-ortho nitro benzene ring substituents is 1. The third kappa shape index (κ3) is 3.24. The molecular weight excluding hydrogens is 364 g/mol. The highest BCUT2D eigenvalue weighted by Crippen LogP contribution is 2.40. The summed E-state index contributed by atoms with van der Waals surface area (Å²) < 4.78 is 0.347. The summed E-state index contributed by atoms with van der Waals surface area (Å²) in [6.07, 6.45) is 0. The summed E-state index contributed by atoms with van der Waals surface area (Å²) in [5.41, 5.74) is 0.818. The van der Waals surface area contributed by atoms with Crippen molar-refractivity contribution in [1.82, 2.24) is 0 Å². The maximum absolute atomic E-state index is 12.5. The van der Waals surface area contributed by atoms with E-state index in [2.05, 4.69) is 5.32 Å². The first-order chi connectivity index (χ1) is 11.9. The average molecular weight is 375 g/mol. The van der Waals surface area contributed by atoms with E-state index in [1.807, 2.05) is 0 Å². The molecule has 0 fully saturated rings. The first-order valence-corrected chi connectivity index (χ1v) is 8.35. The normalized spacial score (nSPS) is 10.6. The third-order valence-electron chi connectivity index (χ3n) is 3.56. The standard InChI is InChI=1S/C17H11ClN2O4S/c1-9(21)10-4-2-5-11(8-10)19-17(22)16-14(18)12-6-3-7-13(20(23)24)15(12)25-16/h2-8H,1H3,(H,19,22). The minimum absolute atomic E-state index is 0.0953. The van der Waals surface area contributed by atoms with Gasteiger partial charge in [-0.25, -0.2) is 0 Å². The second kappa shape index (κ2) is 6.62. The molecule has 3 aromatic rings. The number of hydrogen-bond donors (Lipinski definition) is 1. The van der Waals surface area contributed by atoms with Gasteiger partial charge in [-0.2, -0.15) is 0 Å². The Kier molecular flexibility index (Phi) is 4.52. The molecule has 3 rings (SSSR count). The number of halogens is 1. The van der Waals surface area contributed by atoms with E-state index in [-0.39, 0.29) is 21.4 Å². The number of Topliss-reactive ketones (excluding diaryl/α,β-unsaturated/α-hetero) is 1. The molecule has 2 aromatic carbocycles. The first kappa shape index (κ1) is 17.1. The monoisotopic (exact) mass is 374 g/mol. The number of hydrogen-bond acceptors (Lipinski definition) is 5. The fourth-order valence-electron chi connectivity index (χ4n) is 2.37. The molecule has 25 heavy (non-hydrogen) atoms. The minimum Gasteiger partial charge on any atom is -0.321 e. The van der Waals surface area contributed by atoms with Crippen molar-refractivity contribution in [3.05, 3.63) is 68.0 Å². The Morgan fingerprint density at radius 2 is 1.92 bits per heavy atom. The predicted octanol–water partition coefficient (Wildman–Crippen LogP) is 4.92. The smallest absolute Gasteiger partial charge is 0.287 e. The van der Waals surface area contributed by atoms with Crippen LogP contribution < -0.4 is 5.32 Å². The van der Waals surface area contributed by atoms with Crippen LogP contribution in [0, 0.1) is 10.1 Å². The summed E-state index contributed by atoms with van der Waals surface area (Å²) >= 11 is 7.21. The molecule has 1 N–H and O–H groups in total. The summed E-state index contributed by atoms with van der Waals surface area (Å²) in [7, 11) is 0. The number of nitrogens with zero attached hydrogens (tertiary/aromatic N) is 1. The lowest BCUT2D eigenvalue weighted by atomic mass is 10.1. The van der Waals surface area contributed by atoms with Gasteiger partial charge in [0.1, 0.15) is 9.58 Å². The van der Waals surface area contributed by atoms with Gasteiger partial charge < -0.3 is 5.32 Å². The van der Waals surface area contributed by atoms with Crippen LogP contribution in [-0.2, 0) is 0 Å². The quantitative estimate of drug-likeness (QED) is 0.399. The molecule has 0 saturated heterocycles. The Morgan fingerprint density at radius 3 is 2.60 bits per heavy atom. The third-order valence-corrected chi connectivity index (χ3v) is 5.30. The van der Waals surface area contributed by atoms with Crippen molar-refractivity contribution in [2.45, 2.75) is 6.92 Å². The van der Waals surface area contributed by atoms with Crippen molar-refractivity contribution >= 4 is 56.1 Å². The van der Waals surface area contributed by atoms with Crippen LogP contribution in [0.25, 0.3) is 10.1 Å². The number of carbonyl (C=O) groups excluding carboxylic acids is 2. The minimum atomic E-state index is -0.507. The van der Waals surface area contributed by atoms with Crippen LogP contribution in [0.3, 0.4) is 0 Å². The van der Waals surface area contributed by atoms with E-state index < -0.39 is 10.8 Å². The van der Waals surface area contributed by atoms with E-state index in [0.29, 0.717) is 21.3 Å². The molecule has 0 aliphatic carbocycles. The van der Waals surface area contributed by atoms with Gasteiger partial charge in [0.15, 0.2) is 5.78 Å². The molecule has 0 unspecified atom stereocenters. The van der Waals surface area contributed by atoms with Crippen LogP contribution in [0.4, 0.5) is 11.4 Å². The first-order valence-electron chi connectivity index (χ1n) is 7.16. The van der Waals surface area contributed by atoms with Gasteiger partial charge in [0, 0.05) is 22.7 Å². The van der Waals surface area contributed by atoms with E-state index in [9.17, 15) is 19.7 Å². The molecule has 0 bridgehead atoms. The number of fused-ring (bicyclic) bond motifs is 1. The van der Waals surface area contributed by atoms with Gasteiger partial charge in [0.05, 0.1) is 9.95 Å². The van der Waals surface area contributed by atoms with E-state index >= 15 is 0 Å². The Bertz CT molecular complexity index is 1030. The van der Waals surface area contributed by atoms with Gasteiger partial charge in [0.25, 0.3) is 11.6 Å². The summed E-state index contributed by atoms with van der Waals surface area (Å²) in [5, 5.41) is 14.4. The number of carbonyl (C=O) groups is 2. The lowest BCUT2D eigenvalue weighted by Crippen LogP contribution is -2.11. The Hall–Kier alpha value is -2.77. The highest BCUT2D eigenvalue weighted by molar-refractivity contribution is 7.22. The number of thiophene rings is 1. The molecule has 0 spiro atoms. The Morgan fingerprint density at radius 1 is 1.20 bits per heavy atom. The molecule has 0 atom stereocenters. The van der Waals surface area contributed by atoms with Crippen molar-refractivity contribution in [2.24, 2.45) is 0 Å². The van der Waals surface area contributed by atoms with Gasteiger partial charge in [-0.3, -0.25) is 19.7 Å². The molecule has 0 aliphatic heterocycles. The number of rotatable bonds is 4. The Balaban J connectivity index is 1.99. The van der Waals surface area contributed by atoms with E-state index in [1.54, 1.807) is 30.3 Å². The number of nitro benzene ring substituents is 1. The number of benzene rings is 2. The average Bonchev–Trinajstić information content (AvgIpc) is 2.92. The zero-order valence-electron chi connectivity index (χ0n) is 12.9. The SMILES string of the molecule is CC(=O)c1cccc(NC(=O)c2sc3c([N+](=O)[O-])cccc3c2Cl)c1. The molecule has 126 valence electrons. The van der Waals surface area contributed by atoms with E-state index in [0.717, 1.165) is 11.3 Å². The lowest BCUT2D eigenvalue weighted by molar-refractivity contribution is -0.382. The summed E-state index contributed by atoms with van der Waals surface area (Å²) in [5.74, 6) is -0.604. The molecule has 1 aromatic heterocycles. The van der Waals surface area contributed by atoms with Crippen LogP contribution in [0.2, 0.25) is 5.02 Å². The topological polar surface area (TPSA) is 89.3 Å². The Labute approximate surface area is 151 Å². The zero-order valence-corrected chi connectivity index (χ0v) is 14.5. The number of ketones is 1. The number of amides is 1. The fourth-order valence-corrected chi connectivity index (χ4v) is 3.86. The van der Waals surface area contributed by atoms with Crippen LogP contribution in [-0.4, -0.2) is 16.6 Å². The van der Waals surface area contributed by atoms with Gasteiger partial charge >= 0.3 is 0 Å². The molecule has 6 nitrogen and oxygen atoms in total. The second-order valence-electron chi connectivity index (χ2n) is 5.25. The van der Waals surface area contributed by atoms with Crippen molar-refractivity contribution in [1.29, 1.82) is 0 Å². The van der Waals surface area contributed by atoms with Crippen LogP contribution in [0.5, 0.6) is 0 Å². The van der Waals surface area contributed by atoms with E-state index in [4.69, 9.17) is 11.6 Å². The van der Waals surface area contributed by atoms with E-state index in [1.165, 1.54) is 19.1 Å². The highest BCUT2D eigenvalue weighted by atomic mass is 35.5. The lowest BCUT2D eigenvalue weighted by Gasteiger charge is -2.05. The summed E-state index contributed by atoms with van der Waals surface area (Å²) in [6, 6.07) is 11.0. The van der Waals surface area contributed by atoms with Crippen LogP contribution in [0.1, 0.15) is 27.0 Å². The predicted molar refractivity (Wildman–Crippen MR) is 97.9 cm³/mol. The van der Waals surface area contributed by atoms with Crippen LogP contribution >= 0.6 is 22.9 Å². The molecule has 1 amide bonds. The maximum atomic E-state index is 12.5. The molecule has 8 heteroatoms. The number of anilines is 1. The summed E-state index contributed by atoms with van der Waals surface area (Å²) in [4.78, 5) is 34.8. The molecular formula is C17H11ClN2O4S. The van der Waals surface area contributed by atoms with Gasteiger partial charge in [-0.1, -0.05) is 35.9 Å². The van der Waals surface area contributed by atoms with Crippen LogP contribution in [0.15, 0.2) is 42.5 Å². The highest BCUT2D eigenvalue weighted by Gasteiger charge is 2.22. The molecule has 0 radical (unpaired) electrons. The number of nitrogens with one attached hydrogen (secondary N) is 1. The maximum Gasteiger partial charge on any atom is 0.287 e. The zero-order chi connectivity index (χ0) is 18.1. The van der Waals surface area contributed by atoms with Crippen molar-refractivity contribution in [3.8, 4) is 0 Å². The molecule has 0 aliphatic rings. The van der Waals surface area contributed by atoms with Gasteiger partial charge in [-0.05, 0) is 19.1 Å². The van der Waals surface area contributed by atoms with Gasteiger partial charge in [0.2, 0.25) is 0 Å². The number of nitro groups is 1. The van der Waals surface area contributed by atoms with Crippen molar-refractivity contribution in [2.75, 3.05) is 5.32 Å². The molecule has 1 heterocycles. The molecule has 0 saturated carbocycles. The fraction of sp³-hybridized carbons (Fsp3) is 0.0588. The van der Waals surface area contributed by atoms with Crippen molar-refractivity contribution < 1.29 is 14.5 Å². The summed E-state index contributed by atoms with van der Waals surface area (Å²) in [6.45, 7) is 1.43. The van der Waals surface area contributed by atoms with Gasteiger partial charge in [-0.15, -0.1) is 11.3 Å².